The fraction of sp³-hybridized carbons (Fsp3) is 0.407. The molecule has 0 saturated heterocycles. The van der Waals surface area contributed by atoms with Gasteiger partial charge in [0, 0.05) is 5.92 Å². The van der Waals surface area contributed by atoms with Crippen molar-refractivity contribution in [3.05, 3.63) is 60.2 Å². The Morgan fingerprint density at radius 2 is 1.63 bits per heavy atom. The molecule has 0 amide bonds. The van der Waals surface area contributed by atoms with Gasteiger partial charge < -0.3 is 4.74 Å². The Labute approximate surface area is 177 Å². The second-order valence-corrected chi connectivity index (χ2v) is 9.76. The van der Waals surface area contributed by atoms with Gasteiger partial charge in [0.2, 0.25) is 0 Å². The van der Waals surface area contributed by atoms with Crippen molar-refractivity contribution < 1.29 is 14.3 Å². The number of rotatable bonds is 4. The lowest BCUT2D eigenvalue weighted by Gasteiger charge is -2.62. The highest BCUT2D eigenvalue weighted by Gasteiger charge is 2.59. The van der Waals surface area contributed by atoms with Crippen LogP contribution in [0.25, 0.3) is 21.5 Å². The lowest BCUT2D eigenvalue weighted by Crippen LogP contribution is -2.57. The normalized spacial score (nSPS) is 26.9. The Hall–Kier alpha value is -2.68. The number of carbonyl (C=O) groups excluding carboxylic acids is 2. The predicted molar refractivity (Wildman–Crippen MR) is 119 cm³/mol. The molecule has 0 aliphatic heterocycles. The van der Waals surface area contributed by atoms with E-state index in [9.17, 15) is 9.59 Å². The molecule has 3 heteroatoms. The molecule has 3 aromatic rings. The van der Waals surface area contributed by atoms with E-state index in [1.807, 2.05) is 0 Å². The molecule has 4 atom stereocenters. The van der Waals surface area contributed by atoms with Crippen LogP contribution in [0.15, 0.2) is 54.6 Å². The highest BCUT2D eigenvalue weighted by molar-refractivity contribution is 6.09. The molecule has 3 saturated carbocycles. The van der Waals surface area contributed by atoms with E-state index in [0.717, 1.165) is 6.42 Å². The lowest BCUT2D eigenvalue weighted by molar-refractivity contribution is -0.175. The van der Waals surface area contributed by atoms with Crippen LogP contribution in [0.2, 0.25) is 0 Å². The standard InChI is InChI=1S/C27H28O3/c1-16(28)12-25(29)30-24-15-18-14-23(27(18,2)3)26(24)22-13-17-8-4-5-9-19(17)20-10-6-7-11-21(20)22/h4-11,13,18,23-24,26H,12,14-15H2,1-3H3/t18-,23+,24+,26+/m1/s1. The zero-order valence-electron chi connectivity index (χ0n) is 17.9. The minimum atomic E-state index is -0.387. The van der Waals surface area contributed by atoms with Gasteiger partial charge in [0.05, 0.1) is 0 Å². The number of fused-ring (bicyclic) bond motifs is 5. The van der Waals surface area contributed by atoms with Gasteiger partial charge >= 0.3 is 5.97 Å². The summed E-state index contributed by atoms with van der Waals surface area (Å²) in [5.74, 6) is 0.655. The molecule has 3 fully saturated rings. The third kappa shape index (κ3) is 2.94. The Morgan fingerprint density at radius 1 is 0.967 bits per heavy atom. The molecule has 154 valence electrons. The van der Waals surface area contributed by atoms with Crippen molar-refractivity contribution >= 4 is 33.3 Å². The number of hydrogen-bond acceptors (Lipinski definition) is 3. The maximum absolute atomic E-state index is 12.4. The Morgan fingerprint density at radius 3 is 2.33 bits per heavy atom. The fourth-order valence-corrected chi connectivity index (χ4v) is 6.06. The molecule has 3 aliphatic rings. The Bertz CT molecular complexity index is 1160. The molecular weight excluding hydrogens is 372 g/mol. The molecular formula is C27H28O3. The molecule has 3 aromatic carbocycles. The summed E-state index contributed by atoms with van der Waals surface area (Å²) in [5.41, 5.74) is 1.52. The van der Waals surface area contributed by atoms with Crippen LogP contribution >= 0.6 is 0 Å². The first kappa shape index (κ1) is 19.3. The first-order chi connectivity index (χ1) is 14.4. The minimum absolute atomic E-state index is 0.138. The van der Waals surface area contributed by atoms with E-state index >= 15 is 0 Å². The van der Waals surface area contributed by atoms with Crippen LogP contribution in [0.1, 0.15) is 51.5 Å². The average molecular weight is 401 g/mol. The van der Waals surface area contributed by atoms with Crippen molar-refractivity contribution in [3.8, 4) is 0 Å². The number of ether oxygens (including phenoxy) is 1. The molecule has 0 N–H and O–H groups in total. The second kappa shape index (κ2) is 6.94. The van der Waals surface area contributed by atoms with Gasteiger partial charge in [-0.3, -0.25) is 9.59 Å². The summed E-state index contributed by atoms with van der Waals surface area (Å²) in [6.45, 7) is 6.16. The molecule has 0 unspecified atom stereocenters. The van der Waals surface area contributed by atoms with Crippen molar-refractivity contribution in [2.75, 3.05) is 0 Å². The molecule has 0 radical (unpaired) electrons. The SMILES string of the molecule is CC(=O)CC(=O)O[C@H]1C[C@H]2C[C@@H]([C@@H]1c1cc3ccccc3c3ccccc13)C2(C)C. The van der Waals surface area contributed by atoms with Crippen LogP contribution in [0, 0.1) is 17.3 Å². The zero-order valence-corrected chi connectivity index (χ0v) is 17.9. The molecule has 3 nitrogen and oxygen atoms in total. The first-order valence-corrected chi connectivity index (χ1v) is 11.0. The minimum Gasteiger partial charge on any atom is -0.461 e. The van der Waals surface area contributed by atoms with Crippen LogP contribution in [0.4, 0.5) is 0 Å². The topological polar surface area (TPSA) is 43.4 Å². The molecule has 2 bridgehead atoms. The number of ketones is 1. The number of esters is 1. The number of hydrogen-bond donors (Lipinski definition) is 0. The summed E-state index contributed by atoms with van der Waals surface area (Å²) in [6, 6.07) is 19.4. The van der Waals surface area contributed by atoms with E-state index < -0.39 is 0 Å². The predicted octanol–water partition coefficient (Wildman–Crippen LogP) is 6.03. The molecule has 0 heterocycles. The van der Waals surface area contributed by atoms with Crippen LogP contribution in [-0.4, -0.2) is 17.9 Å². The summed E-state index contributed by atoms with van der Waals surface area (Å²) in [7, 11) is 0. The molecule has 3 aliphatic carbocycles. The summed E-state index contributed by atoms with van der Waals surface area (Å²) >= 11 is 0. The van der Waals surface area contributed by atoms with Gasteiger partial charge in [0.15, 0.2) is 0 Å². The number of benzene rings is 3. The van der Waals surface area contributed by atoms with Crippen molar-refractivity contribution in [2.24, 2.45) is 17.3 Å². The summed E-state index contributed by atoms with van der Waals surface area (Å²) in [4.78, 5) is 23.9. The van der Waals surface area contributed by atoms with Gasteiger partial charge in [-0.15, -0.1) is 0 Å². The van der Waals surface area contributed by atoms with E-state index in [1.165, 1.54) is 40.5 Å². The third-order valence-corrected chi connectivity index (χ3v) is 7.73. The first-order valence-electron chi connectivity index (χ1n) is 11.0. The van der Waals surface area contributed by atoms with Crippen molar-refractivity contribution in [1.29, 1.82) is 0 Å². The quantitative estimate of drug-likeness (QED) is 0.305. The van der Waals surface area contributed by atoms with Crippen LogP contribution in [-0.2, 0) is 14.3 Å². The summed E-state index contributed by atoms with van der Waals surface area (Å²) < 4.78 is 5.96. The monoisotopic (exact) mass is 400 g/mol. The highest BCUT2D eigenvalue weighted by atomic mass is 16.5. The molecule has 6 rings (SSSR count). The number of Topliss-reactive ketones (excluding diaryl/α,β-unsaturated/α-hetero) is 1. The maximum atomic E-state index is 12.4. The molecule has 0 spiro atoms. The summed E-state index contributed by atoms with van der Waals surface area (Å²) in [5, 5.41) is 4.97. The Balaban J connectivity index is 1.65. The van der Waals surface area contributed by atoms with Gasteiger partial charge in [-0.1, -0.05) is 68.4 Å². The Kier molecular flexibility index (Phi) is 4.46. The fourth-order valence-electron chi connectivity index (χ4n) is 6.06. The second-order valence-electron chi connectivity index (χ2n) is 9.76. The number of carbonyl (C=O) groups is 2. The lowest BCUT2D eigenvalue weighted by atomic mass is 9.44. The van der Waals surface area contributed by atoms with E-state index in [-0.39, 0.29) is 35.6 Å². The average Bonchev–Trinajstić information content (AvgIpc) is 2.72. The van der Waals surface area contributed by atoms with Crippen LogP contribution in [0.5, 0.6) is 0 Å². The maximum Gasteiger partial charge on any atom is 0.313 e. The van der Waals surface area contributed by atoms with Crippen LogP contribution in [0.3, 0.4) is 0 Å². The third-order valence-electron chi connectivity index (χ3n) is 7.73. The van der Waals surface area contributed by atoms with Crippen molar-refractivity contribution in [2.45, 2.75) is 52.1 Å². The van der Waals surface area contributed by atoms with Gasteiger partial charge in [-0.05, 0) is 64.1 Å². The van der Waals surface area contributed by atoms with E-state index in [4.69, 9.17) is 4.74 Å². The van der Waals surface area contributed by atoms with Gasteiger partial charge in [0.25, 0.3) is 0 Å². The van der Waals surface area contributed by atoms with E-state index in [2.05, 4.69) is 68.4 Å². The van der Waals surface area contributed by atoms with Gasteiger partial charge in [-0.2, -0.15) is 0 Å². The van der Waals surface area contributed by atoms with E-state index in [1.54, 1.807) is 0 Å². The summed E-state index contributed by atoms with van der Waals surface area (Å²) in [6.07, 6.45) is 1.75. The van der Waals surface area contributed by atoms with Gasteiger partial charge in [-0.25, -0.2) is 0 Å². The largest absolute Gasteiger partial charge is 0.461 e. The van der Waals surface area contributed by atoms with Crippen molar-refractivity contribution in [3.63, 3.8) is 0 Å². The van der Waals surface area contributed by atoms with Crippen LogP contribution < -0.4 is 0 Å². The van der Waals surface area contributed by atoms with Gasteiger partial charge in [0.1, 0.15) is 18.3 Å². The van der Waals surface area contributed by atoms with E-state index in [0.29, 0.717) is 11.8 Å². The van der Waals surface area contributed by atoms with Crippen molar-refractivity contribution in [1.82, 2.24) is 0 Å². The smallest absolute Gasteiger partial charge is 0.313 e. The molecule has 0 aromatic heterocycles. The highest BCUT2D eigenvalue weighted by Crippen LogP contribution is 2.65. The molecule has 30 heavy (non-hydrogen) atoms. The zero-order chi connectivity index (χ0) is 21.0.